The average Bonchev–Trinajstić information content (AvgIpc) is 2.19. The molecule has 1 heterocycles. The van der Waals surface area contributed by atoms with Crippen LogP contribution in [0.4, 0.5) is 10.1 Å². The van der Waals surface area contributed by atoms with E-state index in [2.05, 4.69) is 4.98 Å². The van der Waals surface area contributed by atoms with Crippen molar-refractivity contribution in [2.75, 3.05) is 5.73 Å². The summed E-state index contributed by atoms with van der Waals surface area (Å²) in [6, 6.07) is 3.91. The Labute approximate surface area is 90.5 Å². The molecule has 0 bridgehead atoms. The number of hydrogen-bond acceptors (Lipinski definition) is 3. The van der Waals surface area contributed by atoms with E-state index in [0.717, 1.165) is 0 Å². The van der Waals surface area contributed by atoms with Crippen LogP contribution in [0.1, 0.15) is 16.1 Å². The molecule has 0 radical (unpaired) electrons. The Morgan fingerprint density at radius 1 is 1.50 bits per heavy atom. The van der Waals surface area contributed by atoms with Crippen molar-refractivity contribution in [1.29, 1.82) is 0 Å². The van der Waals surface area contributed by atoms with Gasteiger partial charge in [0.05, 0.1) is 16.9 Å². The van der Waals surface area contributed by atoms with Gasteiger partial charge in [-0.15, -0.1) is 0 Å². The van der Waals surface area contributed by atoms with Crippen LogP contribution in [0.15, 0.2) is 18.2 Å². The zero-order valence-corrected chi connectivity index (χ0v) is 8.49. The molecular formula is C11H9FN2O2. The van der Waals surface area contributed by atoms with Gasteiger partial charge in [0.15, 0.2) is 0 Å². The van der Waals surface area contributed by atoms with Crippen molar-refractivity contribution < 1.29 is 14.3 Å². The van der Waals surface area contributed by atoms with Gasteiger partial charge in [0.25, 0.3) is 0 Å². The van der Waals surface area contributed by atoms with Gasteiger partial charge in [0.2, 0.25) is 0 Å². The predicted molar refractivity (Wildman–Crippen MR) is 57.8 cm³/mol. The van der Waals surface area contributed by atoms with Gasteiger partial charge in [-0.25, -0.2) is 9.18 Å². The second-order valence-electron chi connectivity index (χ2n) is 3.45. The summed E-state index contributed by atoms with van der Waals surface area (Å²) >= 11 is 0. The van der Waals surface area contributed by atoms with Crippen LogP contribution in [0.25, 0.3) is 10.9 Å². The fraction of sp³-hybridized carbons (Fsp3) is 0.0909. The first-order valence-corrected chi connectivity index (χ1v) is 4.59. The van der Waals surface area contributed by atoms with Crippen LogP contribution >= 0.6 is 0 Å². The number of hydrogen-bond donors (Lipinski definition) is 2. The lowest BCUT2D eigenvalue weighted by Gasteiger charge is -2.08. The maximum absolute atomic E-state index is 13.0. The van der Waals surface area contributed by atoms with E-state index in [0.29, 0.717) is 16.6 Å². The summed E-state index contributed by atoms with van der Waals surface area (Å²) in [6.45, 7) is 1.56. The largest absolute Gasteiger partial charge is 0.478 e. The first-order valence-electron chi connectivity index (χ1n) is 4.59. The van der Waals surface area contributed by atoms with Gasteiger partial charge >= 0.3 is 5.97 Å². The number of benzene rings is 1. The lowest BCUT2D eigenvalue weighted by atomic mass is 10.1. The molecule has 0 saturated carbocycles. The molecule has 0 saturated heterocycles. The third-order valence-electron chi connectivity index (χ3n) is 2.38. The highest BCUT2D eigenvalue weighted by Gasteiger charge is 2.16. The first-order chi connectivity index (χ1) is 7.50. The molecule has 0 spiro atoms. The summed E-state index contributed by atoms with van der Waals surface area (Å²) in [5, 5.41) is 9.28. The number of carbonyl (C=O) groups is 1. The van der Waals surface area contributed by atoms with E-state index in [1.54, 1.807) is 6.92 Å². The third kappa shape index (κ3) is 1.46. The number of aryl methyl sites for hydroxylation is 1. The molecule has 0 amide bonds. The van der Waals surface area contributed by atoms with Crippen molar-refractivity contribution in [3.05, 3.63) is 35.3 Å². The van der Waals surface area contributed by atoms with Crippen LogP contribution in [0.2, 0.25) is 0 Å². The topological polar surface area (TPSA) is 76.2 Å². The van der Waals surface area contributed by atoms with Crippen LogP contribution in [-0.4, -0.2) is 16.1 Å². The molecule has 2 rings (SSSR count). The highest BCUT2D eigenvalue weighted by atomic mass is 19.1. The molecule has 0 fully saturated rings. The Balaban J connectivity index is 2.90. The molecule has 4 nitrogen and oxygen atoms in total. The maximum Gasteiger partial charge on any atom is 0.339 e. The molecule has 1 aromatic heterocycles. The van der Waals surface area contributed by atoms with Gasteiger partial charge in [-0.1, -0.05) is 0 Å². The van der Waals surface area contributed by atoms with E-state index in [4.69, 9.17) is 10.8 Å². The molecular weight excluding hydrogens is 211 g/mol. The standard InChI is InChI=1S/C11H9FN2O2/c1-5-9(11(15)16)10(13)7-4-6(12)2-3-8(7)14-5/h2-4H,1H3,(H2,13,14)(H,15,16). The lowest BCUT2D eigenvalue weighted by Crippen LogP contribution is -2.07. The summed E-state index contributed by atoms with van der Waals surface area (Å²) < 4.78 is 13.0. The molecule has 1 aromatic carbocycles. The van der Waals surface area contributed by atoms with E-state index in [1.165, 1.54) is 18.2 Å². The monoisotopic (exact) mass is 220 g/mol. The first kappa shape index (κ1) is 10.4. The van der Waals surface area contributed by atoms with Crippen molar-refractivity contribution >= 4 is 22.6 Å². The minimum atomic E-state index is -1.16. The number of halogens is 1. The predicted octanol–water partition coefficient (Wildman–Crippen LogP) is 1.96. The van der Waals surface area contributed by atoms with Gasteiger partial charge in [0, 0.05) is 5.39 Å². The normalized spacial score (nSPS) is 10.6. The molecule has 0 atom stereocenters. The summed E-state index contributed by atoms with van der Waals surface area (Å²) in [5.41, 5.74) is 6.49. The Hall–Kier alpha value is -2.17. The lowest BCUT2D eigenvalue weighted by molar-refractivity contribution is 0.0697. The van der Waals surface area contributed by atoms with Crippen LogP contribution in [-0.2, 0) is 0 Å². The van der Waals surface area contributed by atoms with Crippen LogP contribution in [0.5, 0.6) is 0 Å². The second-order valence-corrected chi connectivity index (χ2v) is 3.45. The molecule has 0 unspecified atom stereocenters. The number of rotatable bonds is 1. The zero-order chi connectivity index (χ0) is 11.9. The number of aromatic nitrogens is 1. The SMILES string of the molecule is Cc1nc2ccc(F)cc2c(N)c1C(=O)O. The number of nitrogens with zero attached hydrogens (tertiary/aromatic N) is 1. The van der Waals surface area contributed by atoms with E-state index in [-0.39, 0.29) is 11.3 Å². The number of aromatic carboxylic acids is 1. The van der Waals surface area contributed by atoms with Crippen molar-refractivity contribution in [2.24, 2.45) is 0 Å². The van der Waals surface area contributed by atoms with Crippen LogP contribution < -0.4 is 5.73 Å². The number of nitrogens with two attached hydrogens (primary N) is 1. The van der Waals surface area contributed by atoms with Crippen LogP contribution in [0.3, 0.4) is 0 Å². The van der Waals surface area contributed by atoms with Gasteiger partial charge in [-0.3, -0.25) is 4.98 Å². The van der Waals surface area contributed by atoms with E-state index in [9.17, 15) is 9.18 Å². The number of nitrogen functional groups attached to an aromatic ring is 1. The number of fused-ring (bicyclic) bond motifs is 1. The van der Waals surface area contributed by atoms with Crippen molar-refractivity contribution in [3.63, 3.8) is 0 Å². The molecule has 0 aliphatic carbocycles. The molecule has 16 heavy (non-hydrogen) atoms. The van der Waals surface area contributed by atoms with Crippen molar-refractivity contribution in [1.82, 2.24) is 4.98 Å². The highest BCUT2D eigenvalue weighted by molar-refractivity contribution is 6.04. The molecule has 3 N–H and O–H groups in total. The van der Waals surface area contributed by atoms with Gasteiger partial charge < -0.3 is 10.8 Å². The van der Waals surface area contributed by atoms with E-state index < -0.39 is 11.8 Å². The van der Waals surface area contributed by atoms with Gasteiger partial charge in [-0.2, -0.15) is 0 Å². The zero-order valence-electron chi connectivity index (χ0n) is 8.49. The molecule has 0 aliphatic rings. The summed E-state index contributed by atoms with van der Waals surface area (Å²) in [6.07, 6.45) is 0. The number of carboxylic acid groups (broad SMARTS) is 1. The molecule has 2 aromatic rings. The molecule has 82 valence electrons. The fourth-order valence-corrected chi connectivity index (χ4v) is 1.66. The summed E-state index contributed by atoms with van der Waals surface area (Å²) in [5.74, 6) is -1.63. The number of anilines is 1. The average molecular weight is 220 g/mol. The fourth-order valence-electron chi connectivity index (χ4n) is 1.66. The second kappa shape index (κ2) is 3.44. The van der Waals surface area contributed by atoms with E-state index in [1.807, 2.05) is 0 Å². The Bertz CT molecular complexity index is 596. The number of carboxylic acids is 1. The minimum absolute atomic E-state index is 0.0505. The maximum atomic E-state index is 13.0. The number of pyridine rings is 1. The van der Waals surface area contributed by atoms with Crippen molar-refractivity contribution in [2.45, 2.75) is 6.92 Å². The molecule has 0 aliphatic heterocycles. The summed E-state index contributed by atoms with van der Waals surface area (Å²) in [7, 11) is 0. The Kier molecular flexibility index (Phi) is 2.23. The third-order valence-corrected chi connectivity index (χ3v) is 2.38. The highest BCUT2D eigenvalue weighted by Crippen LogP contribution is 2.26. The van der Waals surface area contributed by atoms with Gasteiger partial charge in [-0.05, 0) is 25.1 Å². The van der Waals surface area contributed by atoms with Crippen molar-refractivity contribution in [3.8, 4) is 0 Å². The quantitative estimate of drug-likeness (QED) is 0.770. The van der Waals surface area contributed by atoms with Gasteiger partial charge in [0.1, 0.15) is 11.4 Å². The Morgan fingerprint density at radius 2 is 2.19 bits per heavy atom. The van der Waals surface area contributed by atoms with E-state index >= 15 is 0 Å². The summed E-state index contributed by atoms with van der Waals surface area (Å²) in [4.78, 5) is 15.0. The minimum Gasteiger partial charge on any atom is -0.478 e. The molecule has 5 heteroatoms. The Morgan fingerprint density at radius 3 is 2.81 bits per heavy atom. The smallest absolute Gasteiger partial charge is 0.339 e. The van der Waals surface area contributed by atoms with Crippen LogP contribution in [0, 0.1) is 12.7 Å².